The van der Waals surface area contributed by atoms with Crippen molar-refractivity contribution in [3.63, 3.8) is 0 Å². The molecule has 0 bridgehead atoms. The number of sulfone groups is 1. The zero-order valence-electron chi connectivity index (χ0n) is 13.4. The van der Waals surface area contributed by atoms with Gasteiger partial charge in [0.2, 0.25) is 0 Å². The second kappa shape index (κ2) is 6.54. The van der Waals surface area contributed by atoms with Crippen LogP contribution in [0, 0.1) is 25.2 Å². The van der Waals surface area contributed by atoms with Crippen molar-refractivity contribution in [2.75, 3.05) is 18.1 Å². The second-order valence-electron chi connectivity index (χ2n) is 5.48. The Kier molecular flexibility index (Phi) is 4.90. The molecule has 0 aromatic carbocycles. The fraction of sp³-hybridized carbons (Fsp3) is 0.533. The van der Waals surface area contributed by atoms with Crippen molar-refractivity contribution in [2.45, 2.75) is 33.2 Å². The van der Waals surface area contributed by atoms with Gasteiger partial charge in [0.25, 0.3) is 0 Å². The molecule has 1 aromatic rings. The molecule has 1 atom stereocenters. The van der Waals surface area contributed by atoms with Gasteiger partial charge in [0.1, 0.15) is 11.6 Å². The Bertz CT molecular complexity index is 799. The minimum absolute atomic E-state index is 0.0705. The van der Waals surface area contributed by atoms with Crippen molar-refractivity contribution in [1.82, 2.24) is 9.78 Å². The normalized spacial score (nSPS) is 20.3. The van der Waals surface area contributed by atoms with Crippen molar-refractivity contribution in [3.05, 3.63) is 22.5 Å². The molecule has 1 aliphatic heterocycles. The van der Waals surface area contributed by atoms with Crippen LogP contribution in [0.4, 0.5) is 0 Å². The van der Waals surface area contributed by atoms with Gasteiger partial charge in [0.15, 0.2) is 9.84 Å². The molecular weight excluding hydrogens is 318 g/mol. The number of carbonyl (C=O) groups excluding carboxylic acids is 1. The first-order valence-corrected chi connectivity index (χ1v) is 9.16. The van der Waals surface area contributed by atoms with E-state index in [4.69, 9.17) is 10.00 Å². The van der Waals surface area contributed by atoms with Gasteiger partial charge >= 0.3 is 5.97 Å². The molecule has 124 valence electrons. The molecule has 0 saturated carbocycles. The number of ether oxygens (including phenoxy) is 1. The minimum Gasteiger partial charge on any atom is -0.462 e. The van der Waals surface area contributed by atoms with E-state index in [2.05, 4.69) is 5.10 Å². The summed E-state index contributed by atoms with van der Waals surface area (Å²) in [5.41, 5.74) is 1.93. The molecular formula is C15H19N3O4S. The van der Waals surface area contributed by atoms with E-state index in [0.29, 0.717) is 17.7 Å². The van der Waals surface area contributed by atoms with Crippen molar-refractivity contribution in [2.24, 2.45) is 0 Å². The maximum atomic E-state index is 11.7. The summed E-state index contributed by atoms with van der Waals surface area (Å²) in [5, 5.41) is 13.5. The average Bonchev–Trinajstić information content (AvgIpc) is 2.97. The molecule has 8 heteroatoms. The Morgan fingerprint density at radius 3 is 2.74 bits per heavy atom. The Labute approximate surface area is 135 Å². The van der Waals surface area contributed by atoms with Crippen LogP contribution in [0.25, 0.3) is 6.08 Å². The maximum Gasteiger partial charge on any atom is 0.348 e. The summed E-state index contributed by atoms with van der Waals surface area (Å²) in [6.45, 7) is 5.42. The Balaban J connectivity index is 2.39. The molecule has 0 spiro atoms. The lowest BCUT2D eigenvalue weighted by Gasteiger charge is -2.11. The molecule has 0 radical (unpaired) electrons. The molecule has 1 aromatic heterocycles. The second-order valence-corrected chi connectivity index (χ2v) is 7.70. The summed E-state index contributed by atoms with van der Waals surface area (Å²) >= 11 is 0. The van der Waals surface area contributed by atoms with Crippen LogP contribution in [0.15, 0.2) is 5.57 Å². The standard InChI is InChI=1S/C15H19N3O4S/c1-4-22-15(19)12(8-16)7-14-10(2)17-18(11(14)3)13-5-6-23(20,21)9-13/h7,13H,4-6,9H2,1-3H3/b12-7+/t13-/m1/s1. The van der Waals surface area contributed by atoms with Crippen LogP contribution in [-0.4, -0.2) is 42.3 Å². The van der Waals surface area contributed by atoms with Crippen LogP contribution < -0.4 is 0 Å². The zero-order valence-corrected chi connectivity index (χ0v) is 14.2. The average molecular weight is 337 g/mol. The fourth-order valence-electron chi connectivity index (χ4n) is 2.70. The summed E-state index contributed by atoms with van der Waals surface area (Å²) in [6.07, 6.45) is 1.98. The van der Waals surface area contributed by atoms with Gasteiger partial charge in [-0.15, -0.1) is 0 Å². The predicted octanol–water partition coefficient (Wildman–Crippen LogP) is 1.33. The van der Waals surface area contributed by atoms with Crippen LogP contribution in [-0.2, 0) is 19.4 Å². The first-order valence-electron chi connectivity index (χ1n) is 7.34. The van der Waals surface area contributed by atoms with E-state index in [-0.39, 0.29) is 29.7 Å². The summed E-state index contributed by atoms with van der Waals surface area (Å²) < 4.78 is 29.8. The maximum absolute atomic E-state index is 11.7. The molecule has 2 heterocycles. The van der Waals surface area contributed by atoms with Crippen LogP contribution in [0.2, 0.25) is 0 Å². The lowest BCUT2D eigenvalue weighted by Crippen LogP contribution is -2.14. The van der Waals surface area contributed by atoms with E-state index in [1.807, 2.05) is 6.07 Å². The van der Waals surface area contributed by atoms with E-state index in [1.165, 1.54) is 6.08 Å². The lowest BCUT2D eigenvalue weighted by atomic mass is 10.1. The highest BCUT2D eigenvalue weighted by Gasteiger charge is 2.31. The molecule has 1 saturated heterocycles. The molecule has 1 aliphatic rings. The lowest BCUT2D eigenvalue weighted by molar-refractivity contribution is -0.137. The molecule has 0 N–H and O–H groups in total. The third-order valence-electron chi connectivity index (χ3n) is 3.84. The summed E-state index contributed by atoms with van der Waals surface area (Å²) in [6, 6.07) is 1.64. The van der Waals surface area contributed by atoms with Crippen molar-refractivity contribution >= 4 is 21.9 Å². The third kappa shape index (κ3) is 3.62. The number of carbonyl (C=O) groups is 1. The van der Waals surface area contributed by atoms with Crippen LogP contribution >= 0.6 is 0 Å². The summed E-state index contributed by atoms with van der Waals surface area (Å²) in [7, 11) is -3.02. The number of aryl methyl sites for hydroxylation is 1. The quantitative estimate of drug-likeness (QED) is 0.466. The van der Waals surface area contributed by atoms with Gasteiger partial charge in [-0.1, -0.05) is 0 Å². The number of nitriles is 1. The molecule has 7 nitrogen and oxygen atoms in total. The molecule has 0 aliphatic carbocycles. The van der Waals surface area contributed by atoms with Gasteiger partial charge in [-0.25, -0.2) is 13.2 Å². The van der Waals surface area contributed by atoms with Gasteiger partial charge in [-0.2, -0.15) is 10.4 Å². The first kappa shape index (κ1) is 17.2. The molecule has 0 unspecified atom stereocenters. The van der Waals surface area contributed by atoms with Gasteiger partial charge in [0, 0.05) is 11.3 Å². The zero-order chi connectivity index (χ0) is 17.2. The number of hydrogen-bond donors (Lipinski definition) is 0. The predicted molar refractivity (Wildman–Crippen MR) is 84.2 cm³/mol. The van der Waals surface area contributed by atoms with Gasteiger partial charge in [-0.3, -0.25) is 4.68 Å². The smallest absolute Gasteiger partial charge is 0.348 e. The Hall–Kier alpha value is -2.14. The van der Waals surface area contributed by atoms with E-state index >= 15 is 0 Å². The van der Waals surface area contributed by atoms with E-state index < -0.39 is 15.8 Å². The minimum atomic E-state index is -3.02. The topological polar surface area (TPSA) is 102 Å². The Morgan fingerprint density at radius 2 is 2.22 bits per heavy atom. The van der Waals surface area contributed by atoms with E-state index in [9.17, 15) is 13.2 Å². The van der Waals surface area contributed by atoms with E-state index in [0.717, 1.165) is 5.69 Å². The number of rotatable bonds is 4. The van der Waals surface area contributed by atoms with E-state index in [1.54, 1.807) is 25.5 Å². The fourth-order valence-corrected chi connectivity index (χ4v) is 4.39. The number of hydrogen-bond acceptors (Lipinski definition) is 6. The van der Waals surface area contributed by atoms with Crippen molar-refractivity contribution in [3.8, 4) is 6.07 Å². The monoisotopic (exact) mass is 337 g/mol. The molecule has 0 amide bonds. The highest BCUT2D eigenvalue weighted by Crippen LogP contribution is 2.27. The Morgan fingerprint density at radius 1 is 1.52 bits per heavy atom. The van der Waals surface area contributed by atoms with Crippen LogP contribution in [0.1, 0.15) is 36.3 Å². The van der Waals surface area contributed by atoms with Crippen molar-refractivity contribution < 1.29 is 17.9 Å². The number of nitrogens with zero attached hydrogens (tertiary/aromatic N) is 3. The molecule has 2 rings (SSSR count). The molecule has 1 fully saturated rings. The van der Waals surface area contributed by atoms with Crippen molar-refractivity contribution in [1.29, 1.82) is 5.26 Å². The summed E-state index contributed by atoms with van der Waals surface area (Å²) in [5.74, 6) is -0.445. The van der Waals surface area contributed by atoms with Gasteiger partial charge < -0.3 is 4.74 Å². The highest BCUT2D eigenvalue weighted by atomic mass is 32.2. The number of esters is 1. The first-order chi connectivity index (χ1) is 10.8. The molecule has 23 heavy (non-hydrogen) atoms. The number of aromatic nitrogens is 2. The highest BCUT2D eigenvalue weighted by molar-refractivity contribution is 7.91. The van der Waals surface area contributed by atoms with Gasteiger partial charge in [0.05, 0.1) is 29.8 Å². The van der Waals surface area contributed by atoms with Crippen LogP contribution in [0.3, 0.4) is 0 Å². The SMILES string of the molecule is CCOC(=O)/C(C#N)=C/c1c(C)nn([C@@H]2CCS(=O)(=O)C2)c1C. The van der Waals surface area contributed by atoms with Crippen LogP contribution in [0.5, 0.6) is 0 Å². The van der Waals surface area contributed by atoms with Gasteiger partial charge in [-0.05, 0) is 33.3 Å². The summed E-state index contributed by atoms with van der Waals surface area (Å²) in [4.78, 5) is 11.7. The third-order valence-corrected chi connectivity index (χ3v) is 5.59. The largest absolute Gasteiger partial charge is 0.462 e.